The molecular weight excluding hydrogens is 252 g/mol. The molecule has 2 aromatic rings. The minimum Gasteiger partial charge on any atom is -0.504 e. The predicted octanol–water partition coefficient (Wildman–Crippen LogP) is 1.47. The van der Waals surface area contributed by atoms with E-state index in [4.69, 9.17) is 14.4 Å². The van der Waals surface area contributed by atoms with Crippen molar-refractivity contribution in [2.45, 2.75) is 12.8 Å². The number of benzene rings is 1. The zero-order chi connectivity index (χ0) is 13.8. The molecule has 0 fully saturated rings. The van der Waals surface area contributed by atoms with Crippen LogP contribution in [0, 0.1) is 0 Å². The van der Waals surface area contributed by atoms with Crippen LogP contribution in [0.2, 0.25) is 0 Å². The van der Waals surface area contributed by atoms with Crippen LogP contribution in [0.5, 0.6) is 11.5 Å². The number of phenolic OH excluding ortho intramolecular Hbond substituents is 1. The Balaban J connectivity index is 2.18. The normalized spacial score (nSPS) is 10.4. The number of hydrogen-bond acceptors (Lipinski definition) is 6. The van der Waals surface area contributed by atoms with Gasteiger partial charge in [0, 0.05) is 12.0 Å². The Morgan fingerprint density at radius 2 is 2.26 bits per heavy atom. The van der Waals surface area contributed by atoms with E-state index in [9.17, 15) is 9.90 Å². The Morgan fingerprint density at radius 1 is 1.47 bits per heavy atom. The summed E-state index contributed by atoms with van der Waals surface area (Å²) in [4.78, 5) is 14.5. The molecule has 1 aromatic carbocycles. The van der Waals surface area contributed by atoms with Crippen LogP contribution in [0.3, 0.4) is 0 Å². The number of nitrogens with zero attached hydrogens (tertiary/aromatic N) is 2. The van der Waals surface area contributed by atoms with Gasteiger partial charge in [-0.2, -0.15) is 4.98 Å². The van der Waals surface area contributed by atoms with Gasteiger partial charge in [-0.05, 0) is 18.2 Å². The highest BCUT2D eigenvalue weighted by Crippen LogP contribution is 2.30. The number of aromatic hydroxyl groups is 1. The van der Waals surface area contributed by atoms with Gasteiger partial charge in [0.05, 0.1) is 13.5 Å². The van der Waals surface area contributed by atoms with Crippen LogP contribution in [0.4, 0.5) is 0 Å². The maximum Gasteiger partial charge on any atom is 0.303 e. The molecule has 0 aliphatic carbocycles. The first kappa shape index (κ1) is 12.9. The van der Waals surface area contributed by atoms with E-state index in [-0.39, 0.29) is 24.5 Å². The summed E-state index contributed by atoms with van der Waals surface area (Å²) in [6.45, 7) is 0. The second-order valence-electron chi connectivity index (χ2n) is 3.79. The first-order chi connectivity index (χ1) is 9.10. The van der Waals surface area contributed by atoms with Crippen molar-refractivity contribution in [1.82, 2.24) is 10.1 Å². The van der Waals surface area contributed by atoms with E-state index < -0.39 is 5.97 Å². The Morgan fingerprint density at radius 3 is 2.89 bits per heavy atom. The van der Waals surface area contributed by atoms with Crippen molar-refractivity contribution in [3.8, 4) is 22.9 Å². The van der Waals surface area contributed by atoms with E-state index in [2.05, 4.69) is 10.1 Å². The first-order valence-electron chi connectivity index (χ1n) is 5.52. The van der Waals surface area contributed by atoms with Crippen molar-refractivity contribution in [1.29, 1.82) is 0 Å². The van der Waals surface area contributed by atoms with E-state index >= 15 is 0 Å². The van der Waals surface area contributed by atoms with Crippen molar-refractivity contribution >= 4 is 5.97 Å². The second-order valence-corrected chi connectivity index (χ2v) is 3.79. The highest BCUT2D eigenvalue weighted by molar-refractivity contribution is 5.67. The zero-order valence-corrected chi connectivity index (χ0v) is 10.2. The number of carboxylic acid groups (broad SMARTS) is 1. The summed E-state index contributed by atoms with van der Waals surface area (Å²) in [5.41, 5.74) is 0.559. The molecule has 0 saturated carbocycles. The summed E-state index contributed by atoms with van der Waals surface area (Å²) in [6, 6.07) is 4.70. The topological polar surface area (TPSA) is 106 Å². The zero-order valence-electron chi connectivity index (χ0n) is 10.2. The summed E-state index contributed by atoms with van der Waals surface area (Å²) in [5.74, 6) is -0.0804. The number of methoxy groups -OCH3 is 1. The molecule has 0 spiro atoms. The van der Waals surface area contributed by atoms with Gasteiger partial charge >= 0.3 is 5.97 Å². The Bertz CT molecular complexity index is 594. The highest BCUT2D eigenvalue weighted by Gasteiger charge is 2.12. The summed E-state index contributed by atoms with van der Waals surface area (Å²) in [7, 11) is 1.45. The van der Waals surface area contributed by atoms with Crippen molar-refractivity contribution in [2.24, 2.45) is 0 Å². The van der Waals surface area contributed by atoms with Crippen molar-refractivity contribution in [3.05, 3.63) is 24.1 Å². The lowest BCUT2D eigenvalue weighted by Crippen LogP contribution is -1.97. The largest absolute Gasteiger partial charge is 0.504 e. The van der Waals surface area contributed by atoms with Crippen LogP contribution in [-0.4, -0.2) is 33.4 Å². The number of carbonyl (C=O) groups is 1. The lowest BCUT2D eigenvalue weighted by atomic mass is 10.2. The van der Waals surface area contributed by atoms with Crippen molar-refractivity contribution < 1.29 is 24.3 Å². The number of ether oxygens (including phenoxy) is 1. The summed E-state index contributed by atoms with van der Waals surface area (Å²) in [5, 5.41) is 21.9. The third kappa shape index (κ3) is 3.01. The highest BCUT2D eigenvalue weighted by atomic mass is 16.5. The molecule has 0 radical (unpaired) electrons. The number of rotatable bonds is 5. The number of carboxylic acids is 1. The minimum atomic E-state index is -0.929. The van der Waals surface area contributed by atoms with Gasteiger partial charge in [0.1, 0.15) is 0 Å². The number of phenols is 1. The fourth-order valence-corrected chi connectivity index (χ4v) is 1.52. The quantitative estimate of drug-likeness (QED) is 0.842. The molecule has 0 saturated heterocycles. The van der Waals surface area contributed by atoms with Gasteiger partial charge in [-0.3, -0.25) is 4.79 Å². The average Bonchev–Trinajstić information content (AvgIpc) is 2.85. The van der Waals surface area contributed by atoms with Crippen LogP contribution in [0.1, 0.15) is 12.3 Å². The summed E-state index contributed by atoms with van der Waals surface area (Å²) >= 11 is 0. The van der Waals surface area contributed by atoms with Crippen LogP contribution >= 0.6 is 0 Å². The van der Waals surface area contributed by atoms with E-state index in [0.717, 1.165) is 0 Å². The third-order valence-corrected chi connectivity index (χ3v) is 2.46. The molecule has 0 aliphatic rings. The molecule has 1 heterocycles. The van der Waals surface area contributed by atoms with Crippen LogP contribution < -0.4 is 4.74 Å². The number of aryl methyl sites for hydroxylation is 1. The van der Waals surface area contributed by atoms with Crippen molar-refractivity contribution in [2.75, 3.05) is 7.11 Å². The summed E-state index contributed by atoms with van der Waals surface area (Å²) < 4.78 is 9.86. The van der Waals surface area contributed by atoms with Gasteiger partial charge in [-0.1, -0.05) is 5.16 Å². The first-order valence-corrected chi connectivity index (χ1v) is 5.52. The molecule has 2 N–H and O–H groups in total. The van der Waals surface area contributed by atoms with Crippen LogP contribution in [0.25, 0.3) is 11.4 Å². The SMILES string of the molecule is COc1ccc(-c2noc(CCC(=O)O)n2)cc1O. The maximum absolute atomic E-state index is 10.4. The van der Waals surface area contributed by atoms with Gasteiger partial charge in [0.25, 0.3) is 0 Å². The maximum atomic E-state index is 10.4. The average molecular weight is 264 g/mol. The lowest BCUT2D eigenvalue weighted by molar-refractivity contribution is -0.137. The molecule has 7 heteroatoms. The molecule has 19 heavy (non-hydrogen) atoms. The molecule has 1 aromatic heterocycles. The van der Waals surface area contributed by atoms with E-state index in [0.29, 0.717) is 17.1 Å². The smallest absolute Gasteiger partial charge is 0.303 e. The number of aromatic nitrogens is 2. The second kappa shape index (κ2) is 5.38. The lowest BCUT2D eigenvalue weighted by Gasteiger charge is -2.03. The molecule has 0 aliphatic heterocycles. The van der Waals surface area contributed by atoms with Crippen LogP contribution in [-0.2, 0) is 11.2 Å². The Kier molecular flexibility index (Phi) is 3.65. The van der Waals surface area contributed by atoms with Gasteiger partial charge in [0.15, 0.2) is 11.5 Å². The molecule has 0 unspecified atom stereocenters. The molecule has 2 rings (SSSR count). The molecule has 100 valence electrons. The molecule has 0 atom stereocenters. The van der Waals surface area contributed by atoms with E-state index in [1.807, 2.05) is 0 Å². The Hall–Kier alpha value is -2.57. The van der Waals surface area contributed by atoms with E-state index in [1.54, 1.807) is 12.1 Å². The van der Waals surface area contributed by atoms with Gasteiger partial charge in [-0.25, -0.2) is 0 Å². The monoisotopic (exact) mass is 264 g/mol. The molecule has 7 nitrogen and oxygen atoms in total. The van der Waals surface area contributed by atoms with Gasteiger partial charge in [-0.15, -0.1) is 0 Å². The third-order valence-electron chi connectivity index (χ3n) is 2.46. The standard InChI is InChI=1S/C12H12N2O5/c1-18-9-3-2-7(6-8(9)15)12-13-10(19-14-12)4-5-11(16)17/h2-3,6,15H,4-5H2,1H3,(H,16,17). The fraction of sp³-hybridized carbons (Fsp3) is 0.250. The predicted molar refractivity (Wildman–Crippen MR) is 63.9 cm³/mol. The number of aliphatic carboxylic acids is 1. The van der Waals surface area contributed by atoms with Gasteiger partial charge < -0.3 is 19.5 Å². The van der Waals surface area contributed by atoms with Crippen molar-refractivity contribution in [3.63, 3.8) is 0 Å². The van der Waals surface area contributed by atoms with E-state index in [1.165, 1.54) is 13.2 Å². The summed E-state index contributed by atoms with van der Waals surface area (Å²) in [6.07, 6.45) is 0.0972. The fourth-order valence-electron chi connectivity index (χ4n) is 1.52. The Labute approximate surface area is 108 Å². The van der Waals surface area contributed by atoms with Crippen LogP contribution in [0.15, 0.2) is 22.7 Å². The van der Waals surface area contributed by atoms with Gasteiger partial charge in [0.2, 0.25) is 11.7 Å². The molecule has 0 amide bonds. The molecule has 0 bridgehead atoms. The molecular formula is C12H12N2O5. The number of hydrogen-bond donors (Lipinski definition) is 2. The minimum absolute atomic E-state index is 0.0307.